The van der Waals surface area contributed by atoms with Crippen molar-refractivity contribution in [2.75, 3.05) is 39.6 Å². The highest BCUT2D eigenvalue weighted by Gasteiger charge is 2.54. The average molecular weight is 769 g/mol. The highest BCUT2D eigenvalue weighted by molar-refractivity contribution is 6.62. The Morgan fingerprint density at radius 3 is 1.32 bits per heavy atom. The third-order valence-electron chi connectivity index (χ3n) is 14.1. The number of hydrogen-bond donors (Lipinski definition) is 0. The zero-order valence-corrected chi connectivity index (χ0v) is 34.2. The minimum atomic E-state index is -0.742. The van der Waals surface area contributed by atoms with E-state index in [0.29, 0.717) is 51.5 Å². The SMILES string of the molecule is CCC(C)C1Oc2cc3c(cc2OCC1CC)C1(c2cc(B4OCCO4)ccc2-c2ccc(B4OCCO4)cc21)c1cc2c(cc1-3)OC(C(C)CC)C(CC)CO2. The number of ether oxygens (including phenoxy) is 4. The van der Waals surface area contributed by atoms with Gasteiger partial charge in [0.25, 0.3) is 0 Å². The molecule has 296 valence electrons. The van der Waals surface area contributed by atoms with Crippen LogP contribution in [-0.4, -0.2) is 66.1 Å². The van der Waals surface area contributed by atoms with E-state index in [1.54, 1.807) is 0 Å². The fraction of sp³-hybridized carbons (Fsp3) is 0.489. The van der Waals surface area contributed by atoms with Crippen LogP contribution in [0.4, 0.5) is 0 Å². The van der Waals surface area contributed by atoms with Gasteiger partial charge in [-0.15, -0.1) is 0 Å². The van der Waals surface area contributed by atoms with Gasteiger partial charge in [-0.25, -0.2) is 0 Å². The van der Waals surface area contributed by atoms with E-state index in [1.807, 2.05) is 0 Å². The Bertz CT molecular complexity index is 2020. The van der Waals surface area contributed by atoms with E-state index < -0.39 is 19.7 Å². The number of benzene rings is 4. The van der Waals surface area contributed by atoms with Gasteiger partial charge in [0, 0.05) is 11.8 Å². The fourth-order valence-electron chi connectivity index (χ4n) is 10.5. The maximum Gasteiger partial charge on any atom is 0.494 e. The van der Waals surface area contributed by atoms with Crippen LogP contribution in [0.3, 0.4) is 0 Å². The Hall–Kier alpha value is -3.95. The van der Waals surface area contributed by atoms with Gasteiger partial charge >= 0.3 is 14.2 Å². The van der Waals surface area contributed by atoms with Crippen LogP contribution in [0.2, 0.25) is 0 Å². The van der Waals surface area contributed by atoms with Crippen LogP contribution in [0.15, 0.2) is 60.7 Å². The average Bonchev–Trinajstić information content (AvgIpc) is 4.03. The topological polar surface area (TPSA) is 73.8 Å². The van der Waals surface area contributed by atoms with Crippen LogP contribution in [0.5, 0.6) is 23.0 Å². The van der Waals surface area contributed by atoms with Crippen LogP contribution in [0, 0.1) is 23.7 Å². The predicted molar refractivity (Wildman–Crippen MR) is 224 cm³/mol. The van der Waals surface area contributed by atoms with Gasteiger partial charge < -0.3 is 37.6 Å². The van der Waals surface area contributed by atoms with E-state index in [4.69, 9.17) is 37.6 Å². The van der Waals surface area contributed by atoms with E-state index in [9.17, 15) is 0 Å². The van der Waals surface area contributed by atoms with Gasteiger partial charge in [0.15, 0.2) is 23.0 Å². The molecule has 1 spiro atoms. The third kappa shape index (κ3) is 5.79. The maximum absolute atomic E-state index is 7.09. The molecule has 6 atom stereocenters. The largest absolute Gasteiger partial charge is 0.494 e. The highest BCUT2D eigenvalue weighted by Crippen LogP contribution is 2.65. The summed E-state index contributed by atoms with van der Waals surface area (Å²) in [5, 5.41) is 0. The predicted octanol–water partition coefficient (Wildman–Crippen LogP) is 7.94. The molecule has 0 saturated carbocycles. The van der Waals surface area contributed by atoms with Crippen molar-refractivity contribution in [1.82, 2.24) is 0 Å². The molecule has 4 aliphatic heterocycles. The molecule has 8 nitrogen and oxygen atoms in total. The molecular formula is C47H54B2O8. The Morgan fingerprint density at radius 1 is 0.526 bits per heavy atom. The molecule has 2 fully saturated rings. The zero-order chi connectivity index (χ0) is 39.0. The first-order valence-electron chi connectivity index (χ1n) is 21.6. The molecule has 0 bridgehead atoms. The molecule has 57 heavy (non-hydrogen) atoms. The van der Waals surface area contributed by atoms with E-state index in [-0.39, 0.29) is 24.0 Å². The molecule has 10 rings (SSSR count). The first kappa shape index (κ1) is 37.3. The van der Waals surface area contributed by atoms with Crippen molar-refractivity contribution >= 4 is 25.2 Å². The Kier molecular flexibility index (Phi) is 9.63. The van der Waals surface area contributed by atoms with Crippen molar-refractivity contribution in [1.29, 1.82) is 0 Å². The molecule has 4 aromatic rings. The molecular weight excluding hydrogens is 714 g/mol. The van der Waals surface area contributed by atoms with Crippen LogP contribution >= 0.6 is 0 Å². The summed E-state index contributed by atoms with van der Waals surface area (Å²) < 4.78 is 52.3. The van der Waals surface area contributed by atoms with Crippen molar-refractivity contribution in [3.63, 3.8) is 0 Å². The molecule has 2 aliphatic carbocycles. The molecule has 0 N–H and O–H groups in total. The second kappa shape index (κ2) is 14.7. The molecule has 0 aromatic heterocycles. The molecule has 0 radical (unpaired) electrons. The molecule has 4 heterocycles. The summed E-state index contributed by atoms with van der Waals surface area (Å²) >= 11 is 0. The summed E-state index contributed by atoms with van der Waals surface area (Å²) in [6, 6.07) is 22.5. The Balaban J connectivity index is 1.25. The summed E-state index contributed by atoms with van der Waals surface area (Å²) in [5.41, 5.74) is 10.5. The Morgan fingerprint density at radius 2 is 0.930 bits per heavy atom. The third-order valence-corrected chi connectivity index (χ3v) is 14.1. The molecule has 0 amide bonds. The summed E-state index contributed by atoms with van der Waals surface area (Å²) in [6.45, 7) is 17.1. The number of fused-ring (bicyclic) bond motifs is 12. The lowest BCUT2D eigenvalue weighted by Crippen LogP contribution is -2.35. The Labute approximate surface area is 338 Å². The minimum Gasteiger partial charge on any atom is -0.489 e. The first-order chi connectivity index (χ1) is 27.9. The monoisotopic (exact) mass is 768 g/mol. The summed E-state index contributed by atoms with van der Waals surface area (Å²) in [4.78, 5) is 0. The fourth-order valence-corrected chi connectivity index (χ4v) is 10.5. The van der Waals surface area contributed by atoms with Crippen molar-refractivity contribution < 1.29 is 37.6 Å². The summed E-state index contributed by atoms with van der Waals surface area (Å²) in [6.07, 6.45) is 4.14. The maximum atomic E-state index is 7.09. The van der Waals surface area contributed by atoms with Gasteiger partial charge in [-0.2, -0.15) is 0 Å². The second-order valence-electron chi connectivity index (χ2n) is 17.1. The van der Waals surface area contributed by atoms with Gasteiger partial charge in [0.1, 0.15) is 12.2 Å². The molecule has 4 aromatic carbocycles. The van der Waals surface area contributed by atoms with E-state index in [1.165, 1.54) is 22.3 Å². The van der Waals surface area contributed by atoms with Crippen LogP contribution in [0.25, 0.3) is 22.3 Å². The van der Waals surface area contributed by atoms with E-state index in [0.717, 1.165) is 81.9 Å². The minimum absolute atomic E-state index is 0.0519. The molecule has 6 aliphatic rings. The normalized spacial score (nSPS) is 24.7. The summed E-state index contributed by atoms with van der Waals surface area (Å²) in [7, 11) is -0.849. The van der Waals surface area contributed by atoms with Gasteiger partial charge in [-0.05, 0) is 104 Å². The number of rotatable bonds is 8. The lowest BCUT2D eigenvalue weighted by Gasteiger charge is -2.32. The van der Waals surface area contributed by atoms with E-state index >= 15 is 0 Å². The van der Waals surface area contributed by atoms with Crippen LogP contribution < -0.4 is 29.9 Å². The molecule has 6 unspecified atom stereocenters. The van der Waals surface area contributed by atoms with Crippen molar-refractivity contribution in [3.05, 3.63) is 82.9 Å². The standard InChI is InChI=1S/C47H54B2O8/c1-7-27(5)45-29(9-3)25-50-41-23-39-35(21-43(41)56-45)36-22-44-42(51-26-30(10-4)46(57-44)28(6)8-2)24-40(36)47(39)37-19-31(48-52-15-16-53-48)11-13-33(37)34-14-12-32(20-38(34)47)49-54-17-18-55-49/h11-14,19-24,27-30,45-46H,7-10,15-18,25-26H2,1-6H3. The lowest BCUT2D eigenvalue weighted by molar-refractivity contribution is 0.0712. The molecule has 10 heteroatoms. The first-order valence-corrected chi connectivity index (χ1v) is 21.6. The smallest absolute Gasteiger partial charge is 0.489 e. The van der Waals surface area contributed by atoms with Gasteiger partial charge in [0.2, 0.25) is 0 Å². The van der Waals surface area contributed by atoms with Gasteiger partial charge in [-0.1, -0.05) is 90.8 Å². The zero-order valence-electron chi connectivity index (χ0n) is 34.2. The quantitative estimate of drug-likeness (QED) is 0.145. The van der Waals surface area contributed by atoms with Crippen LogP contribution in [0.1, 0.15) is 89.5 Å². The summed E-state index contributed by atoms with van der Waals surface area (Å²) in [5.74, 6) is 4.50. The molecule has 2 saturated heterocycles. The second-order valence-corrected chi connectivity index (χ2v) is 17.1. The van der Waals surface area contributed by atoms with E-state index in [2.05, 4.69) is 102 Å². The van der Waals surface area contributed by atoms with Crippen molar-refractivity contribution in [2.45, 2.75) is 84.8 Å². The van der Waals surface area contributed by atoms with Crippen LogP contribution in [-0.2, 0) is 24.0 Å². The highest BCUT2D eigenvalue weighted by atomic mass is 16.6. The van der Waals surface area contributed by atoms with Crippen molar-refractivity contribution in [3.8, 4) is 45.3 Å². The number of hydrogen-bond acceptors (Lipinski definition) is 8. The lowest BCUT2D eigenvalue weighted by atomic mass is 9.67. The van der Waals surface area contributed by atoms with Gasteiger partial charge in [0.05, 0.1) is 45.1 Å². The van der Waals surface area contributed by atoms with Gasteiger partial charge in [-0.3, -0.25) is 0 Å². The van der Waals surface area contributed by atoms with Crippen molar-refractivity contribution in [2.24, 2.45) is 23.7 Å².